The molecule has 0 amide bonds. The first-order valence-corrected chi connectivity index (χ1v) is 6.51. The summed E-state index contributed by atoms with van der Waals surface area (Å²) in [6.45, 7) is 7.54. The lowest BCUT2D eigenvalue weighted by atomic mass is 9.89. The molecule has 0 aromatic carbocycles. The Labute approximate surface area is 104 Å². The van der Waals surface area contributed by atoms with Crippen molar-refractivity contribution < 1.29 is 9.63 Å². The first-order valence-electron chi connectivity index (χ1n) is 6.51. The minimum absolute atomic E-state index is 0.294. The molecule has 1 unspecified atom stereocenters. The zero-order valence-electron chi connectivity index (χ0n) is 10.9. The van der Waals surface area contributed by atoms with Crippen LogP contribution in [-0.2, 0) is 9.63 Å². The minimum Gasteiger partial charge on any atom is -0.356 e. The molecule has 5 heteroatoms. The largest absolute Gasteiger partial charge is 0.356 e. The van der Waals surface area contributed by atoms with Gasteiger partial charge in [-0.3, -0.25) is 4.79 Å². The van der Waals surface area contributed by atoms with Crippen LogP contribution in [0.25, 0.3) is 0 Å². The molecule has 0 aromatic heterocycles. The van der Waals surface area contributed by atoms with Crippen molar-refractivity contribution in [3.8, 4) is 0 Å². The molecule has 0 bridgehead atoms. The number of rotatable bonds is 5. The van der Waals surface area contributed by atoms with Crippen molar-refractivity contribution in [2.24, 2.45) is 17.7 Å². The smallest absolute Gasteiger partial charge is 0.327 e. The number of hydrogen-bond donors (Lipinski definition) is 2. The summed E-state index contributed by atoms with van der Waals surface area (Å²) < 4.78 is 0. The number of carbonyl (C=O) groups is 1. The summed E-state index contributed by atoms with van der Waals surface area (Å²) in [5, 5.41) is 0. The Morgan fingerprint density at radius 1 is 1.47 bits per heavy atom. The number of hydrazine groups is 1. The van der Waals surface area contributed by atoms with Crippen molar-refractivity contribution >= 4 is 5.97 Å². The highest BCUT2D eigenvalue weighted by Gasteiger charge is 2.19. The van der Waals surface area contributed by atoms with E-state index < -0.39 is 0 Å². The van der Waals surface area contributed by atoms with Gasteiger partial charge in [0.05, 0.1) is 6.42 Å². The van der Waals surface area contributed by atoms with Crippen LogP contribution in [0.2, 0.25) is 0 Å². The Morgan fingerprint density at radius 2 is 2.24 bits per heavy atom. The fourth-order valence-electron chi connectivity index (χ4n) is 2.44. The third-order valence-electron chi connectivity index (χ3n) is 3.61. The fourth-order valence-corrected chi connectivity index (χ4v) is 2.44. The van der Waals surface area contributed by atoms with Crippen molar-refractivity contribution in [2.75, 3.05) is 19.6 Å². The Balaban J connectivity index is 2.24. The summed E-state index contributed by atoms with van der Waals surface area (Å²) in [5.74, 6) is 6.21. The normalized spacial score (nSPS) is 22.5. The number of carbonyl (C=O) groups excluding carboxylic acids is 1. The molecule has 1 atom stereocenters. The highest BCUT2D eigenvalue weighted by molar-refractivity contribution is 5.69. The van der Waals surface area contributed by atoms with E-state index >= 15 is 0 Å². The van der Waals surface area contributed by atoms with Gasteiger partial charge in [-0.2, -0.15) is 0 Å². The van der Waals surface area contributed by atoms with Crippen LogP contribution in [0.4, 0.5) is 0 Å². The van der Waals surface area contributed by atoms with Crippen molar-refractivity contribution in [2.45, 2.75) is 39.5 Å². The molecule has 1 heterocycles. The molecule has 0 saturated carbocycles. The van der Waals surface area contributed by atoms with Crippen molar-refractivity contribution in [3.05, 3.63) is 0 Å². The van der Waals surface area contributed by atoms with Gasteiger partial charge in [0.15, 0.2) is 0 Å². The van der Waals surface area contributed by atoms with E-state index in [-0.39, 0.29) is 5.97 Å². The first kappa shape index (κ1) is 14.4. The van der Waals surface area contributed by atoms with Crippen LogP contribution in [0.5, 0.6) is 0 Å². The minimum atomic E-state index is -0.294. The van der Waals surface area contributed by atoms with Crippen molar-refractivity contribution in [3.63, 3.8) is 0 Å². The van der Waals surface area contributed by atoms with Crippen LogP contribution in [-0.4, -0.2) is 30.5 Å². The van der Waals surface area contributed by atoms with E-state index in [1.54, 1.807) is 0 Å². The summed E-state index contributed by atoms with van der Waals surface area (Å²) in [5.41, 5.74) is 1.92. The standard InChI is InChI=1S/C12H25N3O2/c1-10(2)11-4-3-7-15(8-5-11)9-6-12(16)17-14-13/h10-11,14H,3-9,13H2,1-2H3. The van der Waals surface area contributed by atoms with Gasteiger partial charge in [-0.25, -0.2) is 5.84 Å². The van der Waals surface area contributed by atoms with Gasteiger partial charge in [0, 0.05) is 6.54 Å². The van der Waals surface area contributed by atoms with Crippen molar-refractivity contribution in [1.29, 1.82) is 0 Å². The molecular weight excluding hydrogens is 218 g/mol. The molecule has 1 fully saturated rings. The lowest BCUT2D eigenvalue weighted by molar-refractivity contribution is -0.151. The zero-order valence-corrected chi connectivity index (χ0v) is 10.9. The van der Waals surface area contributed by atoms with Gasteiger partial charge < -0.3 is 9.74 Å². The second-order valence-electron chi connectivity index (χ2n) is 5.12. The molecular formula is C12H25N3O2. The fraction of sp³-hybridized carbons (Fsp3) is 0.917. The van der Waals surface area contributed by atoms with E-state index in [2.05, 4.69) is 23.6 Å². The van der Waals surface area contributed by atoms with E-state index in [1.807, 2.05) is 5.59 Å². The molecule has 1 saturated heterocycles. The highest BCUT2D eigenvalue weighted by Crippen LogP contribution is 2.24. The van der Waals surface area contributed by atoms with Gasteiger partial charge in [-0.15, -0.1) is 0 Å². The molecule has 0 radical (unpaired) electrons. The van der Waals surface area contributed by atoms with Gasteiger partial charge >= 0.3 is 5.97 Å². The third kappa shape index (κ3) is 5.48. The molecule has 0 aliphatic carbocycles. The van der Waals surface area contributed by atoms with Crippen LogP contribution in [0, 0.1) is 11.8 Å². The van der Waals surface area contributed by atoms with E-state index in [9.17, 15) is 4.79 Å². The first-order chi connectivity index (χ1) is 8.13. The molecule has 1 aliphatic rings. The van der Waals surface area contributed by atoms with Crippen LogP contribution in [0.3, 0.4) is 0 Å². The van der Waals surface area contributed by atoms with Crippen LogP contribution >= 0.6 is 0 Å². The summed E-state index contributed by atoms with van der Waals surface area (Å²) in [4.78, 5) is 18.0. The van der Waals surface area contributed by atoms with Crippen LogP contribution < -0.4 is 11.4 Å². The van der Waals surface area contributed by atoms with E-state index in [4.69, 9.17) is 5.84 Å². The summed E-state index contributed by atoms with van der Waals surface area (Å²) in [7, 11) is 0. The predicted molar refractivity (Wildman–Crippen MR) is 66.7 cm³/mol. The molecule has 0 spiro atoms. The average Bonchev–Trinajstić information content (AvgIpc) is 2.52. The number of nitrogens with one attached hydrogen (secondary N) is 1. The maximum absolute atomic E-state index is 11.2. The maximum Gasteiger partial charge on any atom is 0.327 e. The average molecular weight is 243 g/mol. The second kappa shape index (κ2) is 7.63. The SMILES string of the molecule is CC(C)C1CCCN(CCC(=O)ONN)CC1. The van der Waals surface area contributed by atoms with Crippen LogP contribution in [0.15, 0.2) is 0 Å². The van der Waals surface area contributed by atoms with Gasteiger partial charge in [0.1, 0.15) is 0 Å². The van der Waals surface area contributed by atoms with E-state index in [0.717, 1.165) is 31.5 Å². The summed E-state index contributed by atoms with van der Waals surface area (Å²) in [6, 6.07) is 0. The van der Waals surface area contributed by atoms with Gasteiger partial charge in [-0.1, -0.05) is 19.4 Å². The number of hydrogen-bond acceptors (Lipinski definition) is 5. The predicted octanol–water partition coefficient (Wildman–Crippen LogP) is 1.06. The van der Waals surface area contributed by atoms with Gasteiger partial charge in [0.2, 0.25) is 0 Å². The summed E-state index contributed by atoms with van der Waals surface area (Å²) in [6.07, 6.45) is 4.18. The lowest BCUT2D eigenvalue weighted by Gasteiger charge is -2.20. The molecule has 1 aliphatic heterocycles. The number of nitrogens with two attached hydrogens (primary N) is 1. The quantitative estimate of drug-likeness (QED) is 0.558. The Kier molecular flexibility index (Phi) is 6.47. The topological polar surface area (TPSA) is 67.6 Å². The highest BCUT2D eigenvalue weighted by atomic mass is 16.7. The number of likely N-dealkylation sites (tertiary alicyclic amines) is 1. The van der Waals surface area contributed by atoms with E-state index in [0.29, 0.717) is 6.42 Å². The van der Waals surface area contributed by atoms with Crippen LogP contribution in [0.1, 0.15) is 39.5 Å². The molecule has 17 heavy (non-hydrogen) atoms. The van der Waals surface area contributed by atoms with Crippen molar-refractivity contribution in [1.82, 2.24) is 10.5 Å². The Morgan fingerprint density at radius 3 is 2.88 bits per heavy atom. The Hall–Kier alpha value is -0.650. The summed E-state index contributed by atoms with van der Waals surface area (Å²) >= 11 is 0. The molecule has 1 rings (SSSR count). The second-order valence-corrected chi connectivity index (χ2v) is 5.12. The zero-order chi connectivity index (χ0) is 12.7. The molecule has 100 valence electrons. The number of nitrogens with zero attached hydrogens (tertiary/aromatic N) is 1. The van der Waals surface area contributed by atoms with Gasteiger partial charge in [0.25, 0.3) is 0 Å². The monoisotopic (exact) mass is 243 g/mol. The van der Waals surface area contributed by atoms with Gasteiger partial charge in [-0.05, 0) is 44.2 Å². The van der Waals surface area contributed by atoms with E-state index in [1.165, 1.54) is 19.3 Å². The maximum atomic E-state index is 11.2. The molecule has 3 N–H and O–H groups in total. The lowest BCUT2D eigenvalue weighted by Crippen LogP contribution is -2.31. The molecule has 0 aromatic rings. The Bertz CT molecular complexity index is 234. The molecule has 5 nitrogen and oxygen atoms in total. The third-order valence-corrected chi connectivity index (χ3v) is 3.61.